The van der Waals surface area contributed by atoms with Gasteiger partial charge in [0.1, 0.15) is 0 Å². The highest BCUT2D eigenvalue weighted by molar-refractivity contribution is 6.07. The van der Waals surface area contributed by atoms with Crippen LogP contribution in [0, 0.1) is 0 Å². The summed E-state index contributed by atoms with van der Waals surface area (Å²) in [5.41, 5.74) is 2.60. The predicted octanol–water partition coefficient (Wildman–Crippen LogP) is 3.49. The van der Waals surface area contributed by atoms with E-state index in [1.54, 1.807) is 23.1 Å². The van der Waals surface area contributed by atoms with Crippen molar-refractivity contribution >= 4 is 40.6 Å². The average Bonchev–Trinajstić information content (AvgIpc) is 3.13. The number of amides is 4. The topological polar surface area (TPSA) is 95.6 Å². The van der Waals surface area contributed by atoms with Gasteiger partial charge in [-0.05, 0) is 60.0 Å². The minimum absolute atomic E-state index is 0.101. The first-order chi connectivity index (χ1) is 15.5. The standard InChI is InChI=1S/C25H23N3O4/c1-16(6-11-23(30)26-15-29)28-14-20-13-21(9-10-22(20)25(28)32)27-24(31)19-8-7-17-4-2-3-5-18(17)12-19/h2-5,7-10,12-13,15-16H,6,11,14H2,1H3,(H,27,31)(H,26,29,30). The lowest BCUT2D eigenvalue weighted by molar-refractivity contribution is -0.125. The summed E-state index contributed by atoms with van der Waals surface area (Å²) in [6.07, 6.45) is 0.968. The van der Waals surface area contributed by atoms with E-state index in [0.29, 0.717) is 36.2 Å². The number of nitrogens with one attached hydrogen (secondary N) is 2. The molecule has 0 radical (unpaired) electrons. The Bertz CT molecular complexity index is 1220. The van der Waals surface area contributed by atoms with Crippen LogP contribution >= 0.6 is 0 Å². The van der Waals surface area contributed by atoms with Crippen LogP contribution in [-0.2, 0) is 16.1 Å². The third-order valence-electron chi connectivity index (χ3n) is 5.75. The molecule has 3 aromatic rings. The largest absolute Gasteiger partial charge is 0.332 e. The molecule has 0 aromatic heterocycles. The molecule has 1 aliphatic heterocycles. The molecule has 1 atom stereocenters. The van der Waals surface area contributed by atoms with Crippen molar-refractivity contribution in [2.45, 2.75) is 32.4 Å². The summed E-state index contributed by atoms with van der Waals surface area (Å²) in [5.74, 6) is -0.683. The van der Waals surface area contributed by atoms with E-state index in [1.807, 2.05) is 49.4 Å². The van der Waals surface area contributed by atoms with E-state index in [2.05, 4.69) is 10.6 Å². The second-order valence-electron chi connectivity index (χ2n) is 7.89. The molecular weight excluding hydrogens is 406 g/mol. The van der Waals surface area contributed by atoms with E-state index in [-0.39, 0.29) is 30.2 Å². The SMILES string of the molecule is CC(CCC(=O)NC=O)N1Cc2cc(NC(=O)c3ccc4ccccc4c3)ccc2C1=O. The van der Waals surface area contributed by atoms with Gasteiger partial charge < -0.3 is 10.2 Å². The zero-order valence-electron chi connectivity index (χ0n) is 17.6. The van der Waals surface area contributed by atoms with Crippen molar-refractivity contribution in [1.82, 2.24) is 10.2 Å². The monoisotopic (exact) mass is 429 g/mol. The zero-order valence-corrected chi connectivity index (χ0v) is 17.6. The number of benzene rings is 3. The quantitative estimate of drug-likeness (QED) is 0.562. The third kappa shape index (κ3) is 4.37. The second kappa shape index (κ2) is 9.01. The molecule has 0 aliphatic carbocycles. The number of hydrogen-bond acceptors (Lipinski definition) is 4. The van der Waals surface area contributed by atoms with Crippen LogP contribution in [0.3, 0.4) is 0 Å². The fraction of sp³-hybridized carbons (Fsp3) is 0.200. The van der Waals surface area contributed by atoms with Crippen molar-refractivity contribution in [3.05, 3.63) is 77.4 Å². The molecule has 32 heavy (non-hydrogen) atoms. The van der Waals surface area contributed by atoms with Crippen molar-refractivity contribution < 1.29 is 19.2 Å². The minimum Gasteiger partial charge on any atom is -0.332 e. The molecule has 0 saturated heterocycles. The zero-order chi connectivity index (χ0) is 22.7. The minimum atomic E-state index is -0.366. The van der Waals surface area contributed by atoms with Crippen LogP contribution in [0.4, 0.5) is 5.69 Å². The van der Waals surface area contributed by atoms with Gasteiger partial charge in [-0.3, -0.25) is 24.5 Å². The molecule has 0 spiro atoms. The van der Waals surface area contributed by atoms with Crippen LogP contribution in [0.2, 0.25) is 0 Å². The fourth-order valence-electron chi connectivity index (χ4n) is 3.94. The predicted molar refractivity (Wildman–Crippen MR) is 121 cm³/mol. The van der Waals surface area contributed by atoms with Crippen LogP contribution in [0.5, 0.6) is 0 Å². The summed E-state index contributed by atoms with van der Waals surface area (Å²) in [4.78, 5) is 49.1. The molecule has 1 unspecified atom stereocenters. The maximum atomic E-state index is 12.8. The van der Waals surface area contributed by atoms with E-state index in [4.69, 9.17) is 0 Å². The first-order valence-electron chi connectivity index (χ1n) is 10.4. The van der Waals surface area contributed by atoms with Gasteiger partial charge in [0.2, 0.25) is 12.3 Å². The molecule has 4 amide bonds. The number of imide groups is 1. The molecule has 2 N–H and O–H groups in total. The summed E-state index contributed by atoms with van der Waals surface area (Å²) in [7, 11) is 0. The molecule has 1 heterocycles. The van der Waals surface area contributed by atoms with E-state index >= 15 is 0 Å². The number of rotatable bonds is 7. The number of fused-ring (bicyclic) bond motifs is 2. The molecule has 4 rings (SSSR count). The van der Waals surface area contributed by atoms with Crippen molar-refractivity contribution in [2.75, 3.05) is 5.32 Å². The van der Waals surface area contributed by atoms with E-state index in [9.17, 15) is 19.2 Å². The Morgan fingerprint density at radius 2 is 1.84 bits per heavy atom. The summed E-state index contributed by atoms with van der Waals surface area (Å²) in [6.45, 7) is 2.28. The normalized spacial score (nSPS) is 13.5. The highest BCUT2D eigenvalue weighted by atomic mass is 16.2. The Morgan fingerprint density at radius 1 is 1.06 bits per heavy atom. The third-order valence-corrected chi connectivity index (χ3v) is 5.75. The van der Waals surface area contributed by atoms with E-state index in [1.165, 1.54) is 0 Å². The first-order valence-corrected chi connectivity index (χ1v) is 10.4. The lowest BCUT2D eigenvalue weighted by Crippen LogP contribution is -2.34. The lowest BCUT2D eigenvalue weighted by Gasteiger charge is -2.23. The molecule has 0 bridgehead atoms. The highest BCUT2D eigenvalue weighted by Gasteiger charge is 2.31. The van der Waals surface area contributed by atoms with Crippen LogP contribution in [-0.4, -0.2) is 35.1 Å². The average molecular weight is 429 g/mol. The van der Waals surface area contributed by atoms with Crippen LogP contribution in [0.15, 0.2) is 60.7 Å². The molecule has 1 aliphatic rings. The van der Waals surface area contributed by atoms with Gasteiger partial charge in [0, 0.05) is 35.8 Å². The number of carbonyl (C=O) groups excluding carboxylic acids is 4. The number of carbonyl (C=O) groups is 4. The van der Waals surface area contributed by atoms with Crippen LogP contribution < -0.4 is 10.6 Å². The van der Waals surface area contributed by atoms with Gasteiger partial charge in [-0.15, -0.1) is 0 Å². The Balaban J connectivity index is 1.44. The Labute approximate surface area is 185 Å². The van der Waals surface area contributed by atoms with Gasteiger partial charge in [0.25, 0.3) is 11.8 Å². The Morgan fingerprint density at radius 3 is 2.62 bits per heavy atom. The van der Waals surface area contributed by atoms with E-state index < -0.39 is 0 Å². The van der Waals surface area contributed by atoms with Crippen molar-refractivity contribution in [3.63, 3.8) is 0 Å². The molecule has 162 valence electrons. The number of anilines is 1. The maximum Gasteiger partial charge on any atom is 0.255 e. The first kappa shape index (κ1) is 21.2. The molecule has 7 nitrogen and oxygen atoms in total. The molecule has 0 saturated carbocycles. The van der Waals surface area contributed by atoms with Crippen LogP contribution in [0.25, 0.3) is 10.8 Å². The van der Waals surface area contributed by atoms with Gasteiger partial charge in [-0.25, -0.2) is 0 Å². The number of hydrogen-bond donors (Lipinski definition) is 2. The van der Waals surface area contributed by atoms with Gasteiger partial charge in [-0.1, -0.05) is 30.3 Å². The second-order valence-corrected chi connectivity index (χ2v) is 7.89. The molecule has 3 aromatic carbocycles. The Kier molecular flexibility index (Phi) is 5.98. The van der Waals surface area contributed by atoms with Gasteiger partial charge in [0.05, 0.1) is 0 Å². The van der Waals surface area contributed by atoms with Gasteiger partial charge >= 0.3 is 0 Å². The summed E-state index contributed by atoms with van der Waals surface area (Å²) in [5, 5.41) is 7.08. The van der Waals surface area contributed by atoms with Crippen molar-refractivity contribution in [3.8, 4) is 0 Å². The molecular formula is C25H23N3O4. The maximum absolute atomic E-state index is 12.8. The van der Waals surface area contributed by atoms with Crippen molar-refractivity contribution in [1.29, 1.82) is 0 Å². The fourth-order valence-corrected chi connectivity index (χ4v) is 3.94. The van der Waals surface area contributed by atoms with Gasteiger partial charge in [0.15, 0.2) is 0 Å². The Hall–Kier alpha value is -4.00. The summed E-state index contributed by atoms with van der Waals surface area (Å²) >= 11 is 0. The van der Waals surface area contributed by atoms with Gasteiger partial charge in [-0.2, -0.15) is 0 Å². The van der Waals surface area contributed by atoms with Crippen LogP contribution in [0.1, 0.15) is 46.0 Å². The summed E-state index contributed by atoms with van der Waals surface area (Å²) < 4.78 is 0. The lowest BCUT2D eigenvalue weighted by atomic mass is 10.1. The number of nitrogens with zero attached hydrogens (tertiary/aromatic N) is 1. The smallest absolute Gasteiger partial charge is 0.255 e. The van der Waals surface area contributed by atoms with E-state index in [0.717, 1.165) is 16.3 Å². The van der Waals surface area contributed by atoms with Crippen molar-refractivity contribution in [2.24, 2.45) is 0 Å². The summed E-state index contributed by atoms with van der Waals surface area (Å²) in [6, 6.07) is 18.5. The molecule has 0 fully saturated rings. The molecule has 7 heteroatoms. The highest BCUT2D eigenvalue weighted by Crippen LogP contribution is 2.28.